The maximum absolute atomic E-state index is 12.4. The highest BCUT2D eigenvalue weighted by Crippen LogP contribution is 2.26. The third kappa shape index (κ3) is 4.71. The van der Waals surface area contributed by atoms with Gasteiger partial charge in [-0.15, -0.1) is 0 Å². The van der Waals surface area contributed by atoms with E-state index in [0.29, 0.717) is 16.5 Å². The highest BCUT2D eigenvalue weighted by Gasteiger charge is 2.20. The molecule has 1 aromatic rings. The zero-order valence-corrected chi connectivity index (χ0v) is 13.7. The molecule has 1 saturated carbocycles. The smallest absolute Gasteiger partial charge is 0.242 e. The Balaban J connectivity index is 2.09. The molecule has 0 aliphatic heterocycles. The molecule has 0 unspecified atom stereocenters. The minimum Gasteiger partial charge on any atom is -0.384 e. The van der Waals surface area contributed by atoms with Crippen LogP contribution in [-0.4, -0.2) is 21.0 Å². The predicted molar refractivity (Wildman–Crippen MR) is 87.0 cm³/mol. The lowest BCUT2D eigenvalue weighted by Gasteiger charge is -2.23. The Morgan fingerprint density at radius 2 is 1.81 bits per heavy atom. The van der Waals surface area contributed by atoms with E-state index in [1.807, 2.05) is 26.0 Å². The minimum atomic E-state index is -3.46. The maximum Gasteiger partial charge on any atom is 0.242 e. The summed E-state index contributed by atoms with van der Waals surface area (Å²) in [6, 6.07) is 7.03. The van der Waals surface area contributed by atoms with Crippen molar-refractivity contribution in [1.82, 2.24) is 4.72 Å². The summed E-state index contributed by atoms with van der Waals surface area (Å²) in [6.45, 7) is 4.51. The molecule has 0 aromatic heterocycles. The zero-order chi connectivity index (χ0) is 15.3. The summed E-state index contributed by atoms with van der Waals surface area (Å²) in [6.07, 6.45) is 6.40. The van der Waals surface area contributed by atoms with Crippen LogP contribution in [0.1, 0.15) is 46.0 Å². The van der Waals surface area contributed by atoms with Crippen molar-refractivity contribution >= 4 is 15.7 Å². The van der Waals surface area contributed by atoms with Crippen LogP contribution in [0.15, 0.2) is 29.2 Å². The first-order valence-electron chi connectivity index (χ1n) is 7.84. The summed E-state index contributed by atoms with van der Waals surface area (Å²) in [7, 11) is -3.46. The summed E-state index contributed by atoms with van der Waals surface area (Å²) < 4.78 is 27.4. The maximum atomic E-state index is 12.4. The molecule has 2 N–H and O–H groups in total. The van der Waals surface area contributed by atoms with Crippen LogP contribution in [0, 0.1) is 5.92 Å². The monoisotopic (exact) mass is 310 g/mol. The number of benzene rings is 1. The molecule has 0 spiro atoms. The Morgan fingerprint density at radius 3 is 2.48 bits per heavy atom. The summed E-state index contributed by atoms with van der Waals surface area (Å²) in [5.41, 5.74) is 0.705. The highest BCUT2D eigenvalue weighted by molar-refractivity contribution is 7.89. The predicted octanol–water partition coefficient (Wildman–Crippen LogP) is 3.37. The molecule has 4 nitrogen and oxygen atoms in total. The van der Waals surface area contributed by atoms with E-state index in [1.165, 1.54) is 32.1 Å². The van der Waals surface area contributed by atoms with E-state index in [-0.39, 0.29) is 6.04 Å². The summed E-state index contributed by atoms with van der Waals surface area (Å²) in [5.74, 6) is 0.660. The first-order chi connectivity index (χ1) is 9.99. The van der Waals surface area contributed by atoms with Gasteiger partial charge in [0.05, 0.1) is 5.69 Å². The van der Waals surface area contributed by atoms with Gasteiger partial charge >= 0.3 is 0 Å². The molecule has 21 heavy (non-hydrogen) atoms. The van der Waals surface area contributed by atoms with Crippen molar-refractivity contribution < 1.29 is 8.42 Å². The van der Waals surface area contributed by atoms with Crippen molar-refractivity contribution in [2.75, 3.05) is 11.9 Å². The largest absolute Gasteiger partial charge is 0.384 e. The van der Waals surface area contributed by atoms with Gasteiger partial charge in [-0.1, -0.05) is 31.4 Å². The standard InChI is InChI=1S/C16H26N2O2S/c1-13(2)18-21(19,20)16-11-7-6-10-15(16)17-12-14-8-4-3-5-9-14/h6-7,10-11,13-14,17-18H,3-5,8-9,12H2,1-2H3. The second kappa shape index (κ2) is 7.27. The fourth-order valence-corrected chi connectivity index (χ4v) is 4.30. The summed E-state index contributed by atoms with van der Waals surface area (Å²) >= 11 is 0. The van der Waals surface area contributed by atoms with Crippen LogP contribution >= 0.6 is 0 Å². The van der Waals surface area contributed by atoms with Crippen LogP contribution in [0.25, 0.3) is 0 Å². The molecular formula is C16H26N2O2S. The number of para-hydroxylation sites is 1. The molecule has 1 aromatic carbocycles. The van der Waals surface area contributed by atoms with E-state index in [1.54, 1.807) is 12.1 Å². The van der Waals surface area contributed by atoms with Crippen molar-refractivity contribution in [2.24, 2.45) is 5.92 Å². The number of hydrogen-bond donors (Lipinski definition) is 2. The minimum absolute atomic E-state index is 0.110. The van der Waals surface area contributed by atoms with Crippen LogP contribution in [0.2, 0.25) is 0 Å². The highest BCUT2D eigenvalue weighted by atomic mass is 32.2. The molecule has 0 amide bonds. The van der Waals surface area contributed by atoms with E-state index in [2.05, 4.69) is 10.0 Å². The van der Waals surface area contributed by atoms with Crippen molar-refractivity contribution in [3.63, 3.8) is 0 Å². The van der Waals surface area contributed by atoms with Gasteiger partial charge in [0.15, 0.2) is 0 Å². The first kappa shape index (κ1) is 16.3. The SMILES string of the molecule is CC(C)NS(=O)(=O)c1ccccc1NCC1CCCCC1. The summed E-state index contributed by atoms with van der Waals surface area (Å²) in [4.78, 5) is 0.342. The molecule has 1 aliphatic carbocycles. The van der Waals surface area contributed by atoms with Gasteiger partial charge in [0, 0.05) is 12.6 Å². The van der Waals surface area contributed by atoms with Gasteiger partial charge in [-0.25, -0.2) is 13.1 Å². The van der Waals surface area contributed by atoms with Gasteiger partial charge in [-0.2, -0.15) is 0 Å². The molecule has 0 heterocycles. The van der Waals surface area contributed by atoms with Gasteiger partial charge in [0.1, 0.15) is 4.90 Å². The second-order valence-electron chi connectivity index (χ2n) is 6.16. The Morgan fingerprint density at radius 1 is 1.14 bits per heavy atom. The molecule has 118 valence electrons. The van der Waals surface area contributed by atoms with Gasteiger partial charge in [-0.05, 0) is 44.7 Å². The van der Waals surface area contributed by atoms with Gasteiger partial charge in [0.25, 0.3) is 0 Å². The number of nitrogens with one attached hydrogen (secondary N) is 2. The Bertz CT molecular complexity index is 549. The Hall–Kier alpha value is -1.07. The third-order valence-corrected chi connectivity index (χ3v) is 5.59. The van der Waals surface area contributed by atoms with E-state index in [0.717, 1.165) is 6.54 Å². The van der Waals surface area contributed by atoms with Crippen LogP contribution in [-0.2, 0) is 10.0 Å². The van der Waals surface area contributed by atoms with E-state index < -0.39 is 10.0 Å². The number of anilines is 1. The van der Waals surface area contributed by atoms with Gasteiger partial charge in [0.2, 0.25) is 10.0 Å². The second-order valence-corrected chi connectivity index (χ2v) is 7.84. The fourth-order valence-electron chi connectivity index (χ4n) is 2.87. The van der Waals surface area contributed by atoms with Crippen molar-refractivity contribution in [1.29, 1.82) is 0 Å². The average molecular weight is 310 g/mol. The lowest BCUT2D eigenvalue weighted by atomic mass is 9.89. The summed E-state index contributed by atoms with van der Waals surface area (Å²) in [5, 5.41) is 3.34. The average Bonchev–Trinajstić information content (AvgIpc) is 2.45. The zero-order valence-electron chi connectivity index (χ0n) is 12.9. The molecule has 0 bridgehead atoms. The van der Waals surface area contributed by atoms with Gasteiger partial charge in [-0.3, -0.25) is 0 Å². The molecule has 0 radical (unpaired) electrons. The quantitative estimate of drug-likeness (QED) is 0.847. The fraction of sp³-hybridized carbons (Fsp3) is 0.625. The third-order valence-electron chi connectivity index (χ3n) is 3.87. The normalized spacial score (nSPS) is 17.1. The van der Waals surface area contributed by atoms with E-state index >= 15 is 0 Å². The van der Waals surface area contributed by atoms with Gasteiger partial charge < -0.3 is 5.32 Å². The van der Waals surface area contributed by atoms with Crippen molar-refractivity contribution in [2.45, 2.75) is 56.9 Å². The lowest BCUT2D eigenvalue weighted by molar-refractivity contribution is 0.373. The van der Waals surface area contributed by atoms with Crippen LogP contribution in [0.4, 0.5) is 5.69 Å². The number of hydrogen-bond acceptors (Lipinski definition) is 3. The molecular weight excluding hydrogens is 284 g/mol. The number of rotatable bonds is 6. The molecule has 5 heteroatoms. The molecule has 1 aliphatic rings. The van der Waals surface area contributed by atoms with Crippen LogP contribution in [0.5, 0.6) is 0 Å². The molecule has 0 saturated heterocycles. The van der Waals surface area contributed by atoms with Crippen molar-refractivity contribution in [3.8, 4) is 0 Å². The van der Waals surface area contributed by atoms with E-state index in [9.17, 15) is 8.42 Å². The van der Waals surface area contributed by atoms with Crippen molar-refractivity contribution in [3.05, 3.63) is 24.3 Å². The number of sulfonamides is 1. The molecule has 2 rings (SSSR count). The van der Waals surface area contributed by atoms with Crippen LogP contribution in [0.3, 0.4) is 0 Å². The Labute approximate surface area is 128 Å². The Kier molecular flexibility index (Phi) is 5.65. The first-order valence-corrected chi connectivity index (χ1v) is 9.32. The molecule has 1 fully saturated rings. The molecule has 0 atom stereocenters. The topological polar surface area (TPSA) is 58.2 Å². The van der Waals surface area contributed by atoms with E-state index in [4.69, 9.17) is 0 Å². The van der Waals surface area contributed by atoms with Crippen LogP contribution < -0.4 is 10.0 Å². The lowest BCUT2D eigenvalue weighted by Crippen LogP contribution is -2.31.